The van der Waals surface area contributed by atoms with Crippen molar-refractivity contribution >= 4 is 5.91 Å². The van der Waals surface area contributed by atoms with E-state index < -0.39 is 0 Å². The lowest BCUT2D eigenvalue weighted by Gasteiger charge is -2.18. The van der Waals surface area contributed by atoms with E-state index in [4.69, 9.17) is 10.9 Å². The number of hydrazine groups is 1. The zero-order valence-corrected chi connectivity index (χ0v) is 7.42. The molecule has 0 heterocycles. The van der Waals surface area contributed by atoms with Gasteiger partial charge in [-0.3, -0.25) is 15.1 Å². The number of aliphatic hydroxyl groups is 1. The van der Waals surface area contributed by atoms with E-state index in [0.717, 1.165) is 13.1 Å². The molecular weight excluding hydrogens is 158 g/mol. The van der Waals surface area contributed by atoms with Gasteiger partial charge in [-0.1, -0.05) is 6.92 Å². The summed E-state index contributed by atoms with van der Waals surface area (Å²) in [7, 11) is 0. The molecular formula is C7H17N3O2. The first-order valence-electron chi connectivity index (χ1n) is 4.07. The molecule has 0 fully saturated rings. The van der Waals surface area contributed by atoms with Gasteiger partial charge in [0.25, 0.3) is 0 Å². The zero-order valence-electron chi connectivity index (χ0n) is 7.42. The van der Waals surface area contributed by atoms with Gasteiger partial charge in [-0.15, -0.1) is 0 Å². The maximum Gasteiger partial charge on any atom is 0.248 e. The van der Waals surface area contributed by atoms with Crippen LogP contribution in [0.1, 0.15) is 13.3 Å². The normalized spacial score (nSPS) is 10.3. The largest absolute Gasteiger partial charge is 0.396 e. The van der Waals surface area contributed by atoms with E-state index in [1.54, 1.807) is 0 Å². The van der Waals surface area contributed by atoms with E-state index in [1.165, 1.54) is 0 Å². The molecule has 0 aliphatic rings. The van der Waals surface area contributed by atoms with Crippen molar-refractivity contribution in [1.29, 1.82) is 0 Å². The molecule has 0 saturated carbocycles. The van der Waals surface area contributed by atoms with Gasteiger partial charge in [-0.25, -0.2) is 5.84 Å². The Balaban J connectivity index is 3.59. The standard InChI is InChI=1S/C7H17N3O2/c1-2-10(4-3-5-11)6-7(12)9-8/h11H,2-6,8H2,1H3,(H,9,12). The molecule has 0 aromatic rings. The van der Waals surface area contributed by atoms with Crippen LogP contribution in [0.3, 0.4) is 0 Å². The number of nitrogens with one attached hydrogen (secondary N) is 1. The smallest absolute Gasteiger partial charge is 0.248 e. The van der Waals surface area contributed by atoms with E-state index in [0.29, 0.717) is 13.0 Å². The summed E-state index contributed by atoms with van der Waals surface area (Å²) in [5.74, 6) is 4.73. The van der Waals surface area contributed by atoms with Crippen molar-refractivity contribution in [2.75, 3.05) is 26.2 Å². The Morgan fingerprint density at radius 2 is 2.33 bits per heavy atom. The van der Waals surface area contributed by atoms with Gasteiger partial charge < -0.3 is 5.11 Å². The Kier molecular flexibility index (Phi) is 6.64. The molecule has 5 nitrogen and oxygen atoms in total. The molecule has 0 radical (unpaired) electrons. The van der Waals surface area contributed by atoms with E-state index >= 15 is 0 Å². The van der Waals surface area contributed by atoms with Crippen LogP contribution in [0.15, 0.2) is 0 Å². The fourth-order valence-corrected chi connectivity index (χ4v) is 0.892. The number of hydrogen-bond donors (Lipinski definition) is 3. The monoisotopic (exact) mass is 175 g/mol. The van der Waals surface area contributed by atoms with Crippen molar-refractivity contribution in [3.05, 3.63) is 0 Å². The first kappa shape index (κ1) is 11.4. The van der Waals surface area contributed by atoms with Crippen LogP contribution < -0.4 is 11.3 Å². The van der Waals surface area contributed by atoms with Crippen LogP contribution >= 0.6 is 0 Å². The predicted octanol–water partition coefficient (Wildman–Crippen LogP) is -1.32. The Bertz CT molecular complexity index is 130. The van der Waals surface area contributed by atoms with Crippen molar-refractivity contribution in [2.24, 2.45) is 5.84 Å². The minimum atomic E-state index is -0.199. The first-order chi connectivity index (χ1) is 5.74. The van der Waals surface area contributed by atoms with Crippen molar-refractivity contribution < 1.29 is 9.90 Å². The molecule has 0 aromatic carbocycles. The summed E-state index contributed by atoms with van der Waals surface area (Å²) < 4.78 is 0. The fourth-order valence-electron chi connectivity index (χ4n) is 0.892. The minimum Gasteiger partial charge on any atom is -0.396 e. The molecule has 5 heteroatoms. The van der Waals surface area contributed by atoms with Crippen LogP contribution in [-0.4, -0.2) is 42.2 Å². The van der Waals surface area contributed by atoms with E-state index in [1.807, 2.05) is 11.8 Å². The molecule has 0 atom stereocenters. The van der Waals surface area contributed by atoms with Crippen LogP contribution in [0.2, 0.25) is 0 Å². The Morgan fingerprint density at radius 1 is 1.67 bits per heavy atom. The van der Waals surface area contributed by atoms with Crippen molar-refractivity contribution in [3.8, 4) is 0 Å². The molecule has 12 heavy (non-hydrogen) atoms. The second kappa shape index (κ2) is 7.02. The molecule has 0 saturated heterocycles. The highest BCUT2D eigenvalue weighted by molar-refractivity contribution is 5.77. The summed E-state index contributed by atoms with van der Waals surface area (Å²) in [6.45, 7) is 3.92. The van der Waals surface area contributed by atoms with Gasteiger partial charge in [0.2, 0.25) is 5.91 Å². The molecule has 4 N–H and O–H groups in total. The molecule has 0 spiro atoms. The van der Waals surface area contributed by atoms with Gasteiger partial charge in [-0.2, -0.15) is 0 Å². The lowest BCUT2D eigenvalue weighted by molar-refractivity contribution is -0.122. The second-order valence-electron chi connectivity index (χ2n) is 2.51. The Hall–Kier alpha value is -0.650. The van der Waals surface area contributed by atoms with Crippen molar-refractivity contribution in [2.45, 2.75) is 13.3 Å². The summed E-state index contributed by atoms with van der Waals surface area (Å²) in [5.41, 5.74) is 2.06. The average molecular weight is 175 g/mol. The number of aliphatic hydroxyl groups excluding tert-OH is 1. The molecule has 0 aromatic heterocycles. The number of carbonyl (C=O) groups is 1. The quantitative estimate of drug-likeness (QED) is 0.266. The summed E-state index contributed by atoms with van der Waals surface area (Å²) >= 11 is 0. The molecule has 1 amide bonds. The molecule has 0 bridgehead atoms. The second-order valence-corrected chi connectivity index (χ2v) is 2.51. The summed E-state index contributed by atoms with van der Waals surface area (Å²) in [5, 5.41) is 8.55. The van der Waals surface area contributed by atoms with Crippen molar-refractivity contribution in [1.82, 2.24) is 10.3 Å². The van der Waals surface area contributed by atoms with Crippen LogP contribution in [0.5, 0.6) is 0 Å². The van der Waals surface area contributed by atoms with E-state index in [9.17, 15) is 4.79 Å². The maximum absolute atomic E-state index is 10.8. The summed E-state index contributed by atoms with van der Waals surface area (Å²) in [6.07, 6.45) is 0.686. The molecule has 0 aliphatic heterocycles. The molecule has 0 unspecified atom stereocenters. The fraction of sp³-hybridized carbons (Fsp3) is 0.857. The highest BCUT2D eigenvalue weighted by atomic mass is 16.3. The molecule has 72 valence electrons. The third-order valence-corrected chi connectivity index (χ3v) is 1.61. The number of rotatable bonds is 6. The zero-order chi connectivity index (χ0) is 9.40. The van der Waals surface area contributed by atoms with Gasteiger partial charge in [-0.05, 0) is 13.0 Å². The van der Waals surface area contributed by atoms with Gasteiger partial charge >= 0.3 is 0 Å². The topological polar surface area (TPSA) is 78.6 Å². The summed E-state index contributed by atoms with van der Waals surface area (Å²) in [4.78, 5) is 12.7. The van der Waals surface area contributed by atoms with Gasteiger partial charge in [0.05, 0.1) is 6.54 Å². The van der Waals surface area contributed by atoms with Gasteiger partial charge in [0.15, 0.2) is 0 Å². The van der Waals surface area contributed by atoms with Crippen LogP contribution in [0.4, 0.5) is 0 Å². The van der Waals surface area contributed by atoms with Crippen molar-refractivity contribution in [3.63, 3.8) is 0 Å². The lowest BCUT2D eigenvalue weighted by atomic mass is 10.4. The molecule has 0 rings (SSSR count). The highest BCUT2D eigenvalue weighted by Crippen LogP contribution is 1.89. The average Bonchev–Trinajstić information content (AvgIpc) is 2.11. The predicted molar refractivity (Wildman–Crippen MR) is 46.1 cm³/mol. The van der Waals surface area contributed by atoms with Crippen LogP contribution in [0.25, 0.3) is 0 Å². The number of nitrogens with zero attached hydrogens (tertiary/aromatic N) is 1. The van der Waals surface area contributed by atoms with Gasteiger partial charge in [0, 0.05) is 13.2 Å². The molecule has 0 aliphatic carbocycles. The van der Waals surface area contributed by atoms with Gasteiger partial charge in [0.1, 0.15) is 0 Å². The highest BCUT2D eigenvalue weighted by Gasteiger charge is 2.06. The minimum absolute atomic E-state index is 0.154. The third-order valence-electron chi connectivity index (χ3n) is 1.61. The number of carbonyl (C=O) groups excluding carboxylic acids is 1. The van der Waals surface area contributed by atoms with E-state index in [2.05, 4.69) is 5.43 Å². The lowest BCUT2D eigenvalue weighted by Crippen LogP contribution is -2.40. The van der Waals surface area contributed by atoms with E-state index in [-0.39, 0.29) is 12.5 Å². The number of nitrogens with two attached hydrogens (primary N) is 1. The number of hydrogen-bond acceptors (Lipinski definition) is 4. The number of amides is 1. The van der Waals surface area contributed by atoms with Crippen LogP contribution in [-0.2, 0) is 4.79 Å². The Labute approximate surface area is 72.5 Å². The SMILES string of the molecule is CCN(CCCO)CC(=O)NN. The third kappa shape index (κ3) is 5.06. The Morgan fingerprint density at radius 3 is 2.75 bits per heavy atom. The van der Waals surface area contributed by atoms with Crippen LogP contribution in [0, 0.1) is 0 Å². The number of likely N-dealkylation sites (N-methyl/N-ethyl adjacent to an activating group) is 1. The maximum atomic E-state index is 10.8. The summed E-state index contributed by atoms with van der Waals surface area (Å²) in [6, 6.07) is 0. The first-order valence-corrected chi connectivity index (χ1v) is 4.07.